The summed E-state index contributed by atoms with van der Waals surface area (Å²) in [6, 6.07) is 3.46. The van der Waals surface area contributed by atoms with Gasteiger partial charge in [-0.05, 0) is 43.6 Å². The number of allylic oxidation sites excluding steroid dienone is 4. The van der Waals surface area contributed by atoms with E-state index in [4.69, 9.17) is 35.2 Å². The largest absolute Gasteiger partial charge is 0.461 e. The second-order valence-electron chi connectivity index (χ2n) is 7.17. The van der Waals surface area contributed by atoms with Crippen LogP contribution in [0.25, 0.3) is 0 Å². The minimum Gasteiger partial charge on any atom is -0.461 e. The van der Waals surface area contributed by atoms with Gasteiger partial charge in [-0.1, -0.05) is 0 Å². The van der Waals surface area contributed by atoms with E-state index >= 15 is 0 Å². The molecular formula is C24H34N4O8. The highest BCUT2D eigenvalue weighted by atomic mass is 16.6. The molecule has 0 amide bonds. The summed E-state index contributed by atoms with van der Waals surface area (Å²) in [5, 5.41) is 54.3. The molecule has 0 radical (unpaired) electrons. The van der Waals surface area contributed by atoms with E-state index < -0.39 is 18.0 Å². The number of nitriles is 2. The lowest BCUT2D eigenvalue weighted by molar-refractivity contribution is -0.145. The van der Waals surface area contributed by atoms with Gasteiger partial charge >= 0.3 is 11.9 Å². The molecule has 0 aliphatic carbocycles. The third kappa shape index (κ3) is 14.6. The van der Waals surface area contributed by atoms with Crippen molar-refractivity contribution in [2.45, 2.75) is 19.4 Å². The molecule has 0 aromatic heterocycles. The first-order valence-corrected chi connectivity index (χ1v) is 11.2. The van der Waals surface area contributed by atoms with Crippen LogP contribution in [0.3, 0.4) is 0 Å². The molecule has 0 fully saturated rings. The van der Waals surface area contributed by atoms with Gasteiger partial charge in [0.1, 0.15) is 29.4 Å². The van der Waals surface area contributed by atoms with Crippen LogP contribution in [0, 0.1) is 22.7 Å². The van der Waals surface area contributed by atoms with E-state index in [1.54, 1.807) is 28.9 Å². The molecule has 0 bridgehead atoms. The van der Waals surface area contributed by atoms with Crippen molar-refractivity contribution in [2.75, 3.05) is 59.2 Å². The zero-order valence-corrected chi connectivity index (χ0v) is 20.3. The van der Waals surface area contributed by atoms with Gasteiger partial charge in [0.2, 0.25) is 0 Å². The molecule has 0 aromatic rings. The normalized spacial score (nSPS) is 12.8. The lowest BCUT2D eigenvalue weighted by Gasteiger charge is -2.17. The summed E-state index contributed by atoms with van der Waals surface area (Å²) >= 11 is 0. The third-order valence-corrected chi connectivity index (χ3v) is 4.41. The summed E-state index contributed by atoms with van der Waals surface area (Å²) in [7, 11) is 0. The molecule has 0 spiro atoms. The molecule has 0 saturated carbocycles. The lowest BCUT2D eigenvalue weighted by Crippen LogP contribution is -2.24. The van der Waals surface area contributed by atoms with Gasteiger partial charge in [-0.3, -0.25) is 0 Å². The summed E-state index contributed by atoms with van der Waals surface area (Å²) in [4.78, 5) is 27.5. The molecule has 0 rings (SSSR count). The van der Waals surface area contributed by atoms with Gasteiger partial charge in [0.25, 0.3) is 0 Å². The number of nitrogens with zero attached hydrogens (tertiary/aromatic N) is 4. The molecule has 0 heterocycles. The van der Waals surface area contributed by atoms with Gasteiger partial charge in [0, 0.05) is 32.6 Å². The van der Waals surface area contributed by atoms with E-state index in [9.17, 15) is 14.9 Å². The van der Waals surface area contributed by atoms with Crippen LogP contribution in [0.4, 0.5) is 0 Å². The first kappa shape index (κ1) is 32.3. The van der Waals surface area contributed by atoms with Crippen molar-refractivity contribution >= 4 is 11.9 Å². The second-order valence-corrected chi connectivity index (χ2v) is 7.17. The van der Waals surface area contributed by atoms with E-state index in [-0.39, 0.29) is 76.8 Å². The van der Waals surface area contributed by atoms with Gasteiger partial charge in [-0.2, -0.15) is 10.5 Å². The maximum Gasteiger partial charge on any atom is 0.349 e. The standard InChI is InChI=1S/C24H34N4O8/c1-20(36-24(34)22(19-26)5-3-8-28(11-15-31)12-16-32)6-17-35-23(33)21(18-25)4-2-7-27(9-13-29)10-14-30/h2-5,7-8,20,29-32H,6,9-17H2,1H3/b7-2+,8-3+,21-4-,22-5+. The Hall–Kier alpha value is -3.68. The summed E-state index contributed by atoms with van der Waals surface area (Å²) in [6.45, 7) is 2.02. The topological polar surface area (TPSA) is 188 Å². The Morgan fingerprint density at radius 3 is 1.61 bits per heavy atom. The predicted octanol–water partition coefficient (Wildman–Crippen LogP) is -0.648. The lowest BCUT2D eigenvalue weighted by atomic mass is 10.2. The average molecular weight is 507 g/mol. The Bertz CT molecular complexity index is 858. The van der Waals surface area contributed by atoms with Gasteiger partial charge in [-0.15, -0.1) is 0 Å². The Morgan fingerprint density at radius 1 is 0.806 bits per heavy atom. The van der Waals surface area contributed by atoms with Crippen molar-refractivity contribution in [3.63, 3.8) is 0 Å². The zero-order chi connectivity index (χ0) is 27.2. The second kappa shape index (κ2) is 20.7. The molecule has 0 aromatic carbocycles. The van der Waals surface area contributed by atoms with Crippen molar-refractivity contribution < 1.29 is 39.5 Å². The summed E-state index contributed by atoms with van der Waals surface area (Å²) in [6.07, 6.45) is 7.82. The molecular weight excluding hydrogens is 472 g/mol. The fraction of sp³-hybridized carbons (Fsp3) is 0.500. The number of rotatable bonds is 18. The van der Waals surface area contributed by atoms with Crippen LogP contribution in [0.1, 0.15) is 13.3 Å². The van der Waals surface area contributed by atoms with Crippen molar-refractivity contribution in [2.24, 2.45) is 0 Å². The Balaban J connectivity index is 4.78. The van der Waals surface area contributed by atoms with Crippen LogP contribution in [-0.2, 0) is 19.1 Å². The van der Waals surface area contributed by atoms with Crippen LogP contribution in [0.15, 0.2) is 47.9 Å². The number of ether oxygens (including phenoxy) is 2. The zero-order valence-electron chi connectivity index (χ0n) is 20.3. The van der Waals surface area contributed by atoms with Crippen molar-refractivity contribution in [1.82, 2.24) is 9.80 Å². The summed E-state index contributed by atoms with van der Waals surface area (Å²) in [5.74, 6) is -1.73. The molecule has 36 heavy (non-hydrogen) atoms. The minimum atomic E-state index is -0.866. The number of hydrogen-bond acceptors (Lipinski definition) is 12. The average Bonchev–Trinajstić information content (AvgIpc) is 2.84. The van der Waals surface area contributed by atoms with Crippen LogP contribution >= 0.6 is 0 Å². The monoisotopic (exact) mass is 506 g/mol. The number of carbonyl (C=O) groups excluding carboxylic acids is 2. The molecule has 0 saturated heterocycles. The molecule has 1 unspecified atom stereocenters. The number of esters is 2. The van der Waals surface area contributed by atoms with Crippen LogP contribution in [-0.4, -0.2) is 107 Å². The van der Waals surface area contributed by atoms with Crippen LogP contribution in [0.5, 0.6) is 0 Å². The predicted molar refractivity (Wildman–Crippen MR) is 128 cm³/mol. The Kier molecular flexibility index (Phi) is 18.6. The number of hydrogen-bond donors (Lipinski definition) is 4. The molecule has 4 N–H and O–H groups in total. The van der Waals surface area contributed by atoms with Crippen molar-refractivity contribution in [1.29, 1.82) is 10.5 Å². The number of aliphatic hydroxyl groups excluding tert-OH is 4. The van der Waals surface area contributed by atoms with Crippen LogP contribution < -0.4 is 0 Å². The number of aliphatic hydroxyl groups is 4. The van der Waals surface area contributed by atoms with E-state index in [0.717, 1.165) is 0 Å². The van der Waals surface area contributed by atoms with Gasteiger partial charge < -0.3 is 39.7 Å². The first-order chi connectivity index (χ1) is 17.4. The smallest absolute Gasteiger partial charge is 0.349 e. The summed E-state index contributed by atoms with van der Waals surface area (Å²) in [5.41, 5.74) is -0.525. The SMILES string of the molecule is CC(CCOC(=O)/C(C#N)=C\C=C\N(CCO)CCO)OC(=O)/C(C#N)=C/C=C/N(CCO)CCO. The Labute approximate surface area is 210 Å². The number of carbonyl (C=O) groups is 2. The molecule has 1 atom stereocenters. The van der Waals surface area contributed by atoms with Crippen molar-refractivity contribution in [3.8, 4) is 12.1 Å². The molecule has 12 heteroatoms. The first-order valence-electron chi connectivity index (χ1n) is 11.2. The molecule has 198 valence electrons. The van der Waals surface area contributed by atoms with E-state index in [1.807, 2.05) is 0 Å². The minimum absolute atomic E-state index is 0.125. The van der Waals surface area contributed by atoms with Crippen molar-refractivity contribution in [3.05, 3.63) is 47.9 Å². The highest BCUT2D eigenvalue weighted by Crippen LogP contribution is 2.06. The van der Waals surface area contributed by atoms with Crippen LogP contribution in [0.2, 0.25) is 0 Å². The molecule has 0 aliphatic heterocycles. The van der Waals surface area contributed by atoms with Gasteiger partial charge in [0.05, 0.1) is 33.0 Å². The van der Waals surface area contributed by atoms with E-state index in [0.29, 0.717) is 0 Å². The fourth-order valence-electron chi connectivity index (χ4n) is 2.56. The third-order valence-electron chi connectivity index (χ3n) is 4.41. The maximum absolute atomic E-state index is 12.2. The van der Waals surface area contributed by atoms with Gasteiger partial charge in [-0.25, -0.2) is 9.59 Å². The summed E-state index contributed by atoms with van der Waals surface area (Å²) < 4.78 is 10.2. The Morgan fingerprint density at radius 2 is 1.22 bits per heavy atom. The van der Waals surface area contributed by atoms with E-state index in [1.165, 1.54) is 36.7 Å². The van der Waals surface area contributed by atoms with E-state index in [2.05, 4.69) is 0 Å². The molecule has 12 nitrogen and oxygen atoms in total. The highest BCUT2D eigenvalue weighted by molar-refractivity contribution is 5.93. The van der Waals surface area contributed by atoms with Gasteiger partial charge in [0.15, 0.2) is 0 Å². The molecule has 0 aliphatic rings. The maximum atomic E-state index is 12.2. The fourth-order valence-corrected chi connectivity index (χ4v) is 2.56. The highest BCUT2D eigenvalue weighted by Gasteiger charge is 2.16. The quantitative estimate of drug-likeness (QED) is 0.0797.